The molecule has 0 bridgehead atoms. The van der Waals surface area contributed by atoms with Crippen LogP contribution in [0, 0.1) is 5.92 Å². The molecule has 1 aliphatic rings. The van der Waals surface area contributed by atoms with Crippen LogP contribution in [0.15, 0.2) is 11.7 Å². The Balaban J connectivity index is 2.07. The van der Waals surface area contributed by atoms with Gasteiger partial charge in [0.15, 0.2) is 0 Å². The molecule has 0 amide bonds. The Bertz CT molecular complexity index is 285. The molecule has 14 heavy (non-hydrogen) atoms. The average molecular weight is 211 g/mol. The lowest BCUT2D eigenvalue weighted by atomic mass is 9.74. The summed E-state index contributed by atoms with van der Waals surface area (Å²) in [5.74, 6) is 0.429. The fourth-order valence-electron chi connectivity index (χ4n) is 2.29. The van der Waals surface area contributed by atoms with Crippen molar-refractivity contribution in [3.05, 3.63) is 16.6 Å². The van der Waals surface area contributed by atoms with Crippen molar-refractivity contribution in [2.75, 3.05) is 0 Å². The summed E-state index contributed by atoms with van der Waals surface area (Å²) in [6, 6.07) is 0. The number of thiazole rings is 1. The molecule has 0 aliphatic heterocycles. The Labute approximate surface area is 89.0 Å². The van der Waals surface area contributed by atoms with Crippen LogP contribution in [0.5, 0.6) is 0 Å². The van der Waals surface area contributed by atoms with Gasteiger partial charge in [-0.1, -0.05) is 19.8 Å². The van der Waals surface area contributed by atoms with Crippen molar-refractivity contribution >= 4 is 11.3 Å². The Hall–Kier alpha value is -0.410. The normalized spacial score (nSPS) is 33.1. The molecule has 2 atom stereocenters. The van der Waals surface area contributed by atoms with Crippen molar-refractivity contribution in [3.8, 4) is 0 Å². The molecule has 1 fully saturated rings. The Kier molecular flexibility index (Phi) is 2.88. The van der Waals surface area contributed by atoms with Crippen LogP contribution in [0.1, 0.15) is 37.5 Å². The van der Waals surface area contributed by atoms with E-state index < -0.39 is 5.60 Å². The van der Waals surface area contributed by atoms with E-state index in [-0.39, 0.29) is 0 Å². The van der Waals surface area contributed by atoms with E-state index in [1.54, 1.807) is 11.3 Å². The highest BCUT2D eigenvalue weighted by Gasteiger charge is 2.36. The van der Waals surface area contributed by atoms with Crippen LogP contribution in [-0.2, 0) is 6.42 Å². The van der Waals surface area contributed by atoms with Gasteiger partial charge in [0.25, 0.3) is 0 Å². The third-order valence-electron chi connectivity index (χ3n) is 3.38. The third kappa shape index (κ3) is 1.98. The maximum atomic E-state index is 10.5. The van der Waals surface area contributed by atoms with E-state index in [1.807, 2.05) is 11.7 Å². The molecular weight excluding hydrogens is 194 g/mol. The van der Waals surface area contributed by atoms with Crippen LogP contribution >= 0.6 is 11.3 Å². The first-order valence-electron chi connectivity index (χ1n) is 5.30. The van der Waals surface area contributed by atoms with Crippen molar-refractivity contribution in [1.82, 2.24) is 4.98 Å². The minimum absolute atomic E-state index is 0.429. The van der Waals surface area contributed by atoms with E-state index in [1.165, 1.54) is 17.7 Å². The van der Waals surface area contributed by atoms with E-state index in [0.29, 0.717) is 5.92 Å². The summed E-state index contributed by atoms with van der Waals surface area (Å²) in [5, 5.41) is 10.5. The molecule has 0 saturated heterocycles. The van der Waals surface area contributed by atoms with Crippen molar-refractivity contribution in [1.29, 1.82) is 0 Å². The molecule has 3 heteroatoms. The molecule has 1 N–H and O–H groups in total. The minimum atomic E-state index is -0.467. The van der Waals surface area contributed by atoms with Gasteiger partial charge in [-0.05, 0) is 18.8 Å². The summed E-state index contributed by atoms with van der Waals surface area (Å²) in [6.45, 7) is 2.17. The topological polar surface area (TPSA) is 33.1 Å². The van der Waals surface area contributed by atoms with Gasteiger partial charge in [0.05, 0.1) is 11.1 Å². The molecule has 1 saturated carbocycles. The largest absolute Gasteiger partial charge is 0.389 e. The molecule has 2 nitrogen and oxygen atoms in total. The van der Waals surface area contributed by atoms with Gasteiger partial charge in [0.1, 0.15) is 0 Å². The lowest BCUT2D eigenvalue weighted by molar-refractivity contribution is -0.0399. The van der Waals surface area contributed by atoms with Gasteiger partial charge in [-0.25, -0.2) is 0 Å². The van der Waals surface area contributed by atoms with E-state index >= 15 is 0 Å². The Morgan fingerprint density at radius 1 is 1.64 bits per heavy atom. The zero-order chi connectivity index (χ0) is 10.0. The van der Waals surface area contributed by atoms with Crippen molar-refractivity contribution in [3.63, 3.8) is 0 Å². The summed E-state index contributed by atoms with van der Waals surface area (Å²) in [4.78, 5) is 5.26. The lowest BCUT2D eigenvalue weighted by Crippen LogP contribution is -2.41. The monoisotopic (exact) mass is 211 g/mol. The summed E-state index contributed by atoms with van der Waals surface area (Å²) >= 11 is 1.65. The average Bonchev–Trinajstić information content (AvgIpc) is 2.63. The van der Waals surface area contributed by atoms with Crippen molar-refractivity contribution < 1.29 is 5.11 Å². The van der Waals surface area contributed by atoms with E-state index in [4.69, 9.17) is 0 Å². The van der Waals surface area contributed by atoms with E-state index in [0.717, 1.165) is 19.3 Å². The summed E-state index contributed by atoms with van der Waals surface area (Å²) in [6.07, 6.45) is 7.22. The summed E-state index contributed by atoms with van der Waals surface area (Å²) < 4.78 is 0. The highest BCUT2D eigenvalue weighted by atomic mass is 32.1. The number of nitrogens with zero attached hydrogens (tertiary/aromatic N) is 1. The second-order valence-electron chi connectivity index (χ2n) is 4.39. The standard InChI is InChI=1S/C11H17NOS/c1-9-4-2-3-5-11(9,13)6-10-7-12-8-14-10/h7-9,13H,2-6H2,1H3. The van der Waals surface area contributed by atoms with Gasteiger partial charge in [-0.2, -0.15) is 0 Å². The fourth-order valence-corrected chi connectivity index (χ4v) is 3.00. The third-order valence-corrected chi connectivity index (χ3v) is 4.16. The summed E-state index contributed by atoms with van der Waals surface area (Å²) in [5.41, 5.74) is 1.37. The predicted octanol–water partition coefficient (Wildman–Crippen LogP) is 2.63. The minimum Gasteiger partial charge on any atom is -0.389 e. The highest BCUT2D eigenvalue weighted by molar-refractivity contribution is 7.09. The summed E-state index contributed by atoms with van der Waals surface area (Å²) in [7, 11) is 0. The van der Waals surface area contributed by atoms with E-state index in [9.17, 15) is 5.11 Å². The zero-order valence-corrected chi connectivity index (χ0v) is 9.39. The molecule has 0 spiro atoms. The molecule has 1 aromatic heterocycles. The van der Waals surface area contributed by atoms with Crippen LogP contribution in [0.2, 0.25) is 0 Å². The number of hydrogen-bond donors (Lipinski definition) is 1. The first kappa shape index (κ1) is 10.1. The SMILES string of the molecule is CC1CCCCC1(O)Cc1cncs1. The number of aromatic nitrogens is 1. The van der Waals surface area contributed by atoms with Crippen LogP contribution < -0.4 is 0 Å². The lowest BCUT2D eigenvalue weighted by Gasteiger charge is -2.37. The van der Waals surface area contributed by atoms with Crippen LogP contribution in [0.4, 0.5) is 0 Å². The maximum Gasteiger partial charge on any atom is 0.0794 e. The van der Waals surface area contributed by atoms with Crippen molar-refractivity contribution in [2.45, 2.75) is 44.6 Å². The molecule has 2 unspecified atom stereocenters. The Morgan fingerprint density at radius 2 is 2.50 bits per heavy atom. The van der Waals surface area contributed by atoms with Gasteiger partial charge in [0, 0.05) is 17.5 Å². The molecule has 1 aliphatic carbocycles. The molecule has 0 aromatic carbocycles. The van der Waals surface area contributed by atoms with Gasteiger partial charge in [0.2, 0.25) is 0 Å². The van der Waals surface area contributed by atoms with Crippen LogP contribution in [0.25, 0.3) is 0 Å². The number of rotatable bonds is 2. The first-order chi connectivity index (χ1) is 6.71. The molecule has 0 radical (unpaired) electrons. The second kappa shape index (κ2) is 3.99. The molecule has 1 aromatic rings. The fraction of sp³-hybridized carbons (Fsp3) is 0.727. The first-order valence-corrected chi connectivity index (χ1v) is 6.18. The molecule has 78 valence electrons. The molecule has 1 heterocycles. The predicted molar refractivity (Wildman–Crippen MR) is 58.4 cm³/mol. The second-order valence-corrected chi connectivity index (χ2v) is 5.37. The Morgan fingerprint density at radius 3 is 3.14 bits per heavy atom. The van der Waals surface area contributed by atoms with Crippen LogP contribution in [-0.4, -0.2) is 15.7 Å². The maximum absolute atomic E-state index is 10.5. The smallest absolute Gasteiger partial charge is 0.0794 e. The quantitative estimate of drug-likeness (QED) is 0.815. The number of hydrogen-bond acceptors (Lipinski definition) is 3. The molecule has 2 rings (SSSR count). The highest BCUT2D eigenvalue weighted by Crippen LogP contribution is 2.36. The van der Waals surface area contributed by atoms with Gasteiger partial charge in [-0.15, -0.1) is 11.3 Å². The van der Waals surface area contributed by atoms with Gasteiger partial charge < -0.3 is 5.11 Å². The van der Waals surface area contributed by atoms with E-state index in [2.05, 4.69) is 11.9 Å². The van der Waals surface area contributed by atoms with Gasteiger partial charge >= 0.3 is 0 Å². The number of aliphatic hydroxyl groups is 1. The van der Waals surface area contributed by atoms with Gasteiger partial charge in [-0.3, -0.25) is 4.98 Å². The molecular formula is C11H17NOS. The zero-order valence-electron chi connectivity index (χ0n) is 8.57. The van der Waals surface area contributed by atoms with Crippen molar-refractivity contribution in [2.24, 2.45) is 5.92 Å². The van der Waals surface area contributed by atoms with Crippen LogP contribution in [0.3, 0.4) is 0 Å².